The van der Waals surface area contributed by atoms with Crippen molar-refractivity contribution in [2.75, 3.05) is 6.54 Å². The molecule has 0 N–H and O–H groups in total. The fourth-order valence-electron chi connectivity index (χ4n) is 2.00. The van der Waals surface area contributed by atoms with E-state index in [1.54, 1.807) is 4.90 Å². The molecule has 0 radical (unpaired) electrons. The van der Waals surface area contributed by atoms with E-state index in [1.807, 2.05) is 0 Å². The minimum atomic E-state index is -3.94. The van der Waals surface area contributed by atoms with E-state index in [-0.39, 0.29) is 27.3 Å². The number of nitrogens with zero attached hydrogens (tertiary/aromatic N) is 1. The highest BCUT2D eigenvalue weighted by Gasteiger charge is 2.35. The predicted octanol–water partition coefficient (Wildman–Crippen LogP) is 3.62. The fourth-order valence-corrected chi connectivity index (χ4v) is 4.03. The number of amides is 1. The molecule has 1 saturated carbocycles. The molecule has 0 bridgehead atoms. The van der Waals surface area contributed by atoms with Gasteiger partial charge in [-0.1, -0.05) is 13.8 Å². The van der Waals surface area contributed by atoms with Crippen molar-refractivity contribution >= 4 is 41.6 Å². The summed E-state index contributed by atoms with van der Waals surface area (Å²) in [6.07, 6.45) is 2.85. The maximum Gasteiger partial charge on any atom is 0.289 e. The van der Waals surface area contributed by atoms with E-state index in [0.29, 0.717) is 12.5 Å². The molecule has 0 saturated heterocycles. The first kappa shape index (κ1) is 16.8. The second-order valence-electron chi connectivity index (χ2n) is 5.60. The molecule has 1 heterocycles. The van der Waals surface area contributed by atoms with Gasteiger partial charge in [0.15, 0.2) is 10.4 Å². The van der Waals surface area contributed by atoms with Gasteiger partial charge in [-0.15, -0.1) is 0 Å². The Morgan fingerprint density at radius 2 is 2.14 bits per heavy atom. The molecule has 8 heteroatoms. The Labute approximate surface area is 137 Å². The summed E-state index contributed by atoms with van der Waals surface area (Å²) in [7, 11) is 1.35. The van der Waals surface area contributed by atoms with Crippen LogP contribution in [0, 0.1) is 5.92 Å². The van der Waals surface area contributed by atoms with E-state index in [9.17, 15) is 13.2 Å². The highest BCUT2D eigenvalue weighted by Crippen LogP contribution is 2.32. The van der Waals surface area contributed by atoms with E-state index in [4.69, 9.17) is 15.1 Å². The normalized spacial score (nSPS) is 15.5. The first-order chi connectivity index (χ1) is 9.70. The smallest absolute Gasteiger partial charge is 0.289 e. The summed E-state index contributed by atoms with van der Waals surface area (Å²) in [6.45, 7) is 4.83. The van der Waals surface area contributed by atoms with E-state index in [0.717, 1.165) is 19.3 Å². The van der Waals surface area contributed by atoms with Crippen molar-refractivity contribution < 1.29 is 17.6 Å². The molecule has 118 valence electrons. The Balaban J connectivity index is 2.21. The van der Waals surface area contributed by atoms with Crippen LogP contribution in [0.3, 0.4) is 0 Å². The van der Waals surface area contributed by atoms with Crippen molar-refractivity contribution in [3.8, 4) is 0 Å². The molecule has 0 unspecified atom stereocenters. The lowest BCUT2D eigenvalue weighted by Gasteiger charge is -2.22. The molecular weight excluding hydrogens is 382 g/mol. The van der Waals surface area contributed by atoms with Gasteiger partial charge in [-0.05, 0) is 41.1 Å². The van der Waals surface area contributed by atoms with Crippen LogP contribution in [0.5, 0.6) is 0 Å². The van der Waals surface area contributed by atoms with Gasteiger partial charge in [0.2, 0.25) is 0 Å². The lowest BCUT2D eigenvalue weighted by Crippen LogP contribution is -2.34. The zero-order valence-corrected chi connectivity index (χ0v) is 15.0. The molecule has 5 nitrogen and oxygen atoms in total. The molecule has 0 spiro atoms. The van der Waals surface area contributed by atoms with Crippen LogP contribution in [-0.2, 0) is 9.05 Å². The van der Waals surface area contributed by atoms with E-state index in [2.05, 4.69) is 29.8 Å². The van der Waals surface area contributed by atoms with Crippen LogP contribution in [-0.4, -0.2) is 31.8 Å². The SMILES string of the molecule is CC(C)CCN(C(=O)c1cc(S(=O)(=O)Cl)c(Br)o1)C1CC1. The quantitative estimate of drug-likeness (QED) is 0.686. The number of furan rings is 1. The second-order valence-corrected chi connectivity index (χ2v) is 8.85. The van der Waals surface area contributed by atoms with Crippen LogP contribution >= 0.6 is 26.6 Å². The topological polar surface area (TPSA) is 67.6 Å². The summed E-state index contributed by atoms with van der Waals surface area (Å²) in [5, 5.41) is 0. The Morgan fingerprint density at radius 1 is 1.52 bits per heavy atom. The van der Waals surface area contributed by atoms with Crippen molar-refractivity contribution in [3.05, 3.63) is 16.5 Å². The van der Waals surface area contributed by atoms with Gasteiger partial charge in [-0.2, -0.15) is 0 Å². The third-order valence-corrected chi connectivity index (χ3v) is 5.50. The van der Waals surface area contributed by atoms with Gasteiger partial charge in [0.05, 0.1) is 0 Å². The fraction of sp³-hybridized carbons (Fsp3) is 0.615. The summed E-state index contributed by atoms with van der Waals surface area (Å²) in [6, 6.07) is 1.41. The third kappa shape index (κ3) is 4.23. The Morgan fingerprint density at radius 3 is 2.57 bits per heavy atom. The van der Waals surface area contributed by atoms with E-state index in [1.165, 1.54) is 6.07 Å². The zero-order chi connectivity index (χ0) is 15.8. The van der Waals surface area contributed by atoms with Crippen LogP contribution in [0.1, 0.15) is 43.7 Å². The highest BCUT2D eigenvalue weighted by molar-refractivity contribution is 9.10. The van der Waals surface area contributed by atoms with Crippen molar-refractivity contribution in [1.82, 2.24) is 4.90 Å². The van der Waals surface area contributed by atoms with Crippen LogP contribution in [0.4, 0.5) is 0 Å². The van der Waals surface area contributed by atoms with Crippen molar-refractivity contribution in [2.45, 2.75) is 44.0 Å². The first-order valence-electron chi connectivity index (χ1n) is 6.75. The molecule has 1 aromatic heterocycles. The Bertz CT molecular complexity index is 637. The van der Waals surface area contributed by atoms with Gasteiger partial charge >= 0.3 is 0 Å². The molecule has 1 amide bonds. The highest BCUT2D eigenvalue weighted by atomic mass is 79.9. The maximum absolute atomic E-state index is 12.5. The molecular formula is C13H17BrClNO4S. The Kier molecular flexibility index (Phi) is 5.05. The van der Waals surface area contributed by atoms with Crippen LogP contribution in [0.25, 0.3) is 0 Å². The van der Waals surface area contributed by atoms with Crippen LogP contribution < -0.4 is 0 Å². The minimum absolute atomic E-state index is 0.00300. The van der Waals surface area contributed by atoms with Crippen molar-refractivity contribution in [1.29, 1.82) is 0 Å². The molecule has 1 aliphatic carbocycles. The summed E-state index contributed by atoms with van der Waals surface area (Å²) in [5.41, 5.74) is 0. The second kappa shape index (κ2) is 6.30. The lowest BCUT2D eigenvalue weighted by molar-refractivity contribution is 0.0701. The zero-order valence-electron chi connectivity index (χ0n) is 11.8. The van der Waals surface area contributed by atoms with Gasteiger partial charge in [-0.3, -0.25) is 4.79 Å². The predicted molar refractivity (Wildman–Crippen MR) is 83.0 cm³/mol. The summed E-state index contributed by atoms with van der Waals surface area (Å²) < 4.78 is 27.9. The number of carbonyl (C=O) groups is 1. The van der Waals surface area contributed by atoms with Crippen LogP contribution in [0.15, 0.2) is 20.0 Å². The Hall–Kier alpha value is -0.530. The standard InChI is InChI=1S/C13H17BrClNO4S/c1-8(2)5-6-16(9-3-4-9)13(17)10-7-11(12(14)20-10)21(15,18)19/h7-9H,3-6H2,1-2H3. The molecule has 21 heavy (non-hydrogen) atoms. The number of rotatable bonds is 6. The van der Waals surface area contributed by atoms with Gasteiger partial charge in [0.25, 0.3) is 15.0 Å². The summed E-state index contributed by atoms with van der Waals surface area (Å²) in [5.74, 6) is 0.198. The molecule has 0 aliphatic heterocycles. The summed E-state index contributed by atoms with van der Waals surface area (Å²) >= 11 is 2.98. The minimum Gasteiger partial charge on any atom is -0.443 e. The lowest BCUT2D eigenvalue weighted by atomic mass is 10.1. The molecule has 0 atom stereocenters. The van der Waals surface area contributed by atoms with Crippen LogP contribution in [0.2, 0.25) is 0 Å². The molecule has 2 rings (SSSR count). The number of hydrogen-bond acceptors (Lipinski definition) is 4. The first-order valence-corrected chi connectivity index (χ1v) is 9.85. The largest absolute Gasteiger partial charge is 0.443 e. The van der Waals surface area contributed by atoms with Gasteiger partial charge in [0.1, 0.15) is 4.90 Å². The molecule has 0 aromatic carbocycles. The van der Waals surface area contributed by atoms with Crippen molar-refractivity contribution in [2.24, 2.45) is 5.92 Å². The number of halogens is 2. The average molecular weight is 399 g/mol. The molecule has 1 aromatic rings. The third-order valence-electron chi connectivity index (χ3n) is 3.32. The van der Waals surface area contributed by atoms with Gasteiger partial charge in [-0.25, -0.2) is 8.42 Å². The molecule has 1 aliphatic rings. The average Bonchev–Trinajstić information content (AvgIpc) is 3.09. The summed E-state index contributed by atoms with van der Waals surface area (Å²) in [4.78, 5) is 14.0. The number of carbonyl (C=O) groups excluding carboxylic acids is 1. The van der Waals surface area contributed by atoms with E-state index >= 15 is 0 Å². The maximum atomic E-state index is 12.5. The van der Waals surface area contributed by atoms with E-state index < -0.39 is 9.05 Å². The monoisotopic (exact) mass is 397 g/mol. The van der Waals surface area contributed by atoms with Gasteiger partial charge in [0, 0.05) is 29.3 Å². The molecule has 1 fully saturated rings. The van der Waals surface area contributed by atoms with Gasteiger partial charge < -0.3 is 9.32 Å². The van der Waals surface area contributed by atoms with Crippen molar-refractivity contribution in [3.63, 3.8) is 0 Å². The number of hydrogen-bond donors (Lipinski definition) is 0.